The molecule has 0 saturated carbocycles. The number of nitriles is 1. The van der Waals surface area contributed by atoms with Crippen molar-refractivity contribution >= 4 is 9.84 Å². The van der Waals surface area contributed by atoms with E-state index in [0.29, 0.717) is 17.7 Å². The Morgan fingerprint density at radius 2 is 2.06 bits per heavy atom. The standard InChI is InChI=1S/C12H16N2O2S/c1-10(6-13)8-17(15,16)9-12-5-3-2-4-11(12)7-14/h2-5,10H,6,8-9,13H2,1H3. The summed E-state index contributed by atoms with van der Waals surface area (Å²) in [4.78, 5) is 0. The summed E-state index contributed by atoms with van der Waals surface area (Å²) in [6.45, 7) is 2.15. The van der Waals surface area contributed by atoms with E-state index in [1.54, 1.807) is 31.2 Å². The molecule has 0 aromatic heterocycles. The lowest BCUT2D eigenvalue weighted by molar-refractivity contribution is 0.573. The second kappa shape index (κ2) is 5.80. The van der Waals surface area contributed by atoms with Crippen LogP contribution in [0.3, 0.4) is 0 Å². The van der Waals surface area contributed by atoms with E-state index in [2.05, 4.69) is 0 Å². The molecule has 92 valence electrons. The number of hydrogen-bond acceptors (Lipinski definition) is 4. The molecule has 0 amide bonds. The first-order chi connectivity index (χ1) is 7.98. The highest BCUT2D eigenvalue weighted by atomic mass is 32.2. The molecule has 2 N–H and O–H groups in total. The summed E-state index contributed by atoms with van der Waals surface area (Å²) in [5, 5.41) is 8.88. The molecule has 1 atom stereocenters. The van der Waals surface area contributed by atoms with Crippen molar-refractivity contribution in [2.24, 2.45) is 11.7 Å². The number of hydrogen-bond donors (Lipinski definition) is 1. The van der Waals surface area contributed by atoms with Crippen molar-refractivity contribution in [2.45, 2.75) is 12.7 Å². The maximum absolute atomic E-state index is 11.9. The van der Waals surface area contributed by atoms with E-state index in [-0.39, 0.29) is 17.4 Å². The van der Waals surface area contributed by atoms with Gasteiger partial charge < -0.3 is 5.73 Å². The molecule has 0 aliphatic heterocycles. The Morgan fingerprint density at radius 1 is 1.41 bits per heavy atom. The third kappa shape index (κ3) is 4.17. The van der Waals surface area contributed by atoms with Crippen molar-refractivity contribution in [3.63, 3.8) is 0 Å². The average molecular weight is 252 g/mol. The van der Waals surface area contributed by atoms with Gasteiger partial charge in [0.15, 0.2) is 9.84 Å². The highest BCUT2D eigenvalue weighted by molar-refractivity contribution is 7.90. The van der Waals surface area contributed by atoms with Crippen molar-refractivity contribution in [2.75, 3.05) is 12.3 Å². The summed E-state index contributed by atoms with van der Waals surface area (Å²) in [6.07, 6.45) is 0. The van der Waals surface area contributed by atoms with Crippen LogP contribution in [-0.2, 0) is 15.6 Å². The first-order valence-electron chi connectivity index (χ1n) is 5.37. The molecule has 0 heterocycles. The zero-order chi connectivity index (χ0) is 12.9. The Morgan fingerprint density at radius 3 is 2.65 bits per heavy atom. The summed E-state index contributed by atoms with van der Waals surface area (Å²) in [7, 11) is -3.21. The van der Waals surface area contributed by atoms with Gasteiger partial charge in [-0.05, 0) is 24.1 Å². The third-order valence-corrected chi connectivity index (χ3v) is 4.28. The number of sulfone groups is 1. The van der Waals surface area contributed by atoms with Crippen LogP contribution >= 0.6 is 0 Å². The fourth-order valence-corrected chi connectivity index (χ4v) is 3.40. The molecule has 0 fully saturated rings. The molecule has 1 aromatic carbocycles. The van der Waals surface area contributed by atoms with Crippen molar-refractivity contribution < 1.29 is 8.42 Å². The maximum atomic E-state index is 11.9. The molecule has 0 spiro atoms. The van der Waals surface area contributed by atoms with Crippen molar-refractivity contribution in [1.29, 1.82) is 5.26 Å². The molecule has 4 nitrogen and oxygen atoms in total. The molecule has 17 heavy (non-hydrogen) atoms. The molecule has 0 aliphatic rings. The summed E-state index contributed by atoms with van der Waals surface area (Å²) in [5.41, 5.74) is 6.38. The van der Waals surface area contributed by atoms with Crippen LogP contribution in [0.1, 0.15) is 18.1 Å². The van der Waals surface area contributed by atoms with Crippen LogP contribution in [0.4, 0.5) is 0 Å². The number of nitrogens with zero attached hydrogens (tertiary/aromatic N) is 1. The van der Waals surface area contributed by atoms with Gasteiger partial charge in [0.1, 0.15) is 0 Å². The quantitative estimate of drug-likeness (QED) is 0.849. The highest BCUT2D eigenvalue weighted by Gasteiger charge is 2.17. The first-order valence-corrected chi connectivity index (χ1v) is 7.19. The van der Waals surface area contributed by atoms with Gasteiger partial charge in [-0.3, -0.25) is 0 Å². The third-order valence-electron chi connectivity index (χ3n) is 2.45. The molecule has 1 unspecified atom stereocenters. The first kappa shape index (κ1) is 13.7. The van der Waals surface area contributed by atoms with Gasteiger partial charge in [0.2, 0.25) is 0 Å². The van der Waals surface area contributed by atoms with E-state index in [4.69, 9.17) is 11.0 Å². The van der Waals surface area contributed by atoms with Crippen LogP contribution in [-0.4, -0.2) is 20.7 Å². The van der Waals surface area contributed by atoms with Gasteiger partial charge in [-0.25, -0.2) is 8.42 Å². The van der Waals surface area contributed by atoms with Crippen LogP contribution in [0.5, 0.6) is 0 Å². The fraction of sp³-hybridized carbons (Fsp3) is 0.417. The Kier molecular flexibility index (Phi) is 4.67. The van der Waals surface area contributed by atoms with Crippen molar-refractivity contribution in [1.82, 2.24) is 0 Å². The van der Waals surface area contributed by atoms with Crippen molar-refractivity contribution in [3.05, 3.63) is 35.4 Å². The fourth-order valence-electron chi connectivity index (χ4n) is 1.55. The number of nitrogens with two attached hydrogens (primary N) is 1. The largest absolute Gasteiger partial charge is 0.330 e. The highest BCUT2D eigenvalue weighted by Crippen LogP contribution is 2.13. The molecular weight excluding hydrogens is 236 g/mol. The predicted octanol–water partition coefficient (Wildman–Crippen LogP) is 1.07. The second-order valence-electron chi connectivity index (χ2n) is 4.16. The molecule has 0 bridgehead atoms. The summed E-state index contributed by atoms with van der Waals surface area (Å²) < 4.78 is 23.7. The Hall–Kier alpha value is -1.38. The minimum Gasteiger partial charge on any atom is -0.330 e. The van der Waals surface area contributed by atoms with E-state index in [1.165, 1.54) is 0 Å². The molecule has 0 saturated heterocycles. The minimum atomic E-state index is -3.21. The summed E-state index contributed by atoms with van der Waals surface area (Å²) >= 11 is 0. The Labute approximate surface area is 102 Å². The van der Waals surface area contributed by atoms with Gasteiger partial charge in [-0.1, -0.05) is 25.1 Å². The molecule has 1 aromatic rings. The van der Waals surface area contributed by atoms with Gasteiger partial charge in [0, 0.05) is 0 Å². The molecule has 1 rings (SSSR count). The van der Waals surface area contributed by atoms with E-state index in [9.17, 15) is 8.42 Å². The number of benzene rings is 1. The van der Waals surface area contributed by atoms with Crippen LogP contribution in [0.15, 0.2) is 24.3 Å². The zero-order valence-corrected chi connectivity index (χ0v) is 10.6. The Balaban J connectivity index is 2.88. The van der Waals surface area contributed by atoms with Crippen LogP contribution in [0, 0.1) is 17.2 Å². The monoisotopic (exact) mass is 252 g/mol. The molecule has 0 aliphatic carbocycles. The van der Waals surface area contributed by atoms with Crippen LogP contribution < -0.4 is 5.73 Å². The lowest BCUT2D eigenvalue weighted by Gasteiger charge is -2.10. The normalized spacial score (nSPS) is 13.0. The molecular formula is C12H16N2O2S. The van der Waals surface area contributed by atoms with Gasteiger partial charge in [-0.15, -0.1) is 0 Å². The smallest absolute Gasteiger partial charge is 0.154 e. The zero-order valence-electron chi connectivity index (χ0n) is 9.76. The molecule has 5 heteroatoms. The SMILES string of the molecule is CC(CN)CS(=O)(=O)Cc1ccccc1C#N. The summed E-state index contributed by atoms with van der Waals surface area (Å²) in [5.74, 6) is -0.0982. The average Bonchev–Trinajstić information content (AvgIpc) is 2.28. The van der Waals surface area contributed by atoms with Crippen molar-refractivity contribution in [3.8, 4) is 6.07 Å². The van der Waals surface area contributed by atoms with E-state index < -0.39 is 9.84 Å². The van der Waals surface area contributed by atoms with Crippen LogP contribution in [0.25, 0.3) is 0 Å². The number of rotatable bonds is 5. The van der Waals surface area contributed by atoms with Gasteiger partial charge in [0.25, 0.3) is 0 Å². The maximum Gasteiger partial charge on any atom is 0.154 e. The molecule has 0 radical (unpaired) electrons. The van der Waals surface area contributed by atoms with Gasteiger partial charge >= 0.3 is 0 Å². The lowest BCUT2D eigenvalue weighted by Crippen LogP contribution is -2.22. The predicted molar refractivity (Wildman–Crippen MR) is 66.9 cm³/mol. The van der Waals surface area contributed by atoms with E-state index >= 15 is 0 Å². The van der Waals surface area contributed by atoms with Gasteiger partial charge in [-0.2, -0.15) is 5.26 Å². The summed E-state index contributed by atoms with van der Waals surface area (Å²) in [6, 6.07) is 8.74. The topological polar surface area (TPSA) is 84.0 Å². The Bertz CT molecular complexity index is 518. The lowest BCUT2D eigenvalue weighted by atomic mass is 10.1. The van der Waals surface area contributed by atoms with Gasteiger partial charge in [0.05, 0.1) is 23.1 Å². The van der Waals surface area contributed by atoms with E-state index in [1.807, 2.05) is 6.07 Å². The van der Waals surface area contributed by atoms with E-state index in [0.717, 1.165) is 0 Å². The minimum absolute atomic E-state index is 0.0588. The second-order valence-corrected chi connectivity index (χ2v) is 6.27. The van der Waals surface area contributed by atoms with Crippen LogP contribution in [0.2, 0.25) is 0 Å².